The average Bonchev–Trinajstić information content (AvgIpc) is 3.24. The zero-order valence-electron chi connectivity index (χ0n) is 12.4. The second-order valence-corrected chi connectivity index (χ2v) is 6.02. The first kappa shape index (κ1) is 13.8. The van der Waals surface area contributed by atoms with Gasteiger partial charge in [-0.1, -0.05) is 30.3 Å². The summed E-state index contributed by atoms with van der Waals surface area (Å²) in [5.74, 6) is 1.51. The van der Waals surface area contributed by atoms with Crippen LogP contribution in [0.15, 0.2) is 54.0 Å². The molecule has 23 heavy (non-hydrogen) atoms. The maximum absolute atomic E-state index is 4.57. The number of nitrogens with zero attached hydrogens (tertiary/aromatic N) is 5. The van der Waals surface area contributed by atoms with Crippen LogP contribution in [0.1, 0.15) is 22.4 Å². The van der Waals surface area contributed by atoms with Crippen molar-refractivity contribution >= 4 is 22.8 Å². The summed E-state index contributed by atoms with van der Waals surface area (Å²) in [7, 11) is 0. The quantitative estimate of drug-likeness (QED) is 0.625. The Kier molecular flexibility index (Phi) is 3.47. The van der Waals surface area contributed by atoms with Gasteiger partial charge in [0.05, 0.1) is 0 Å². The van der Waals surface area contributed by atoms with Crippen molar-refractivity contribution < 1.29 is 0 Å². The van der Waals surface area contributed by atoms with E-state index < -0.39 is 0 Å². The predicted octanol–water partition coefficient (Wildman–Crippen LogP) is 3.09. The van der Waals surface area contributed by atoms with Crippen LogP contribution in [0.25, 0.3) is 5.65 Å². The molecule has 1 N–H and O–H groups in total. The van der Waals surface area contributed by atoms with Crippen molar-refractivity contribution in [2.24, 2.45) is 0 Å². The first-order valence-electron chi connectivity index (χ1n) is 7.21. The van der Waals surface area contributed by atoms with E-state index in [2.05, 4.69) is 37.7 Å². The summed E-state index contributed by atoms with van der Waals surface area (Å²) < 4.78 is 1.73. The lowest BCUT2D eigenvalue weighted by Gasteiger charge is -2.17. The normalized spacial score (nSPS) is 12.4. The summed E-state index contributed by atoms with van der Waals surface area (Å²) in [6, 6.07) is 14.0. The molecule has 1 unspecified atom stereocenters. The zero-order chi connectivity index (χ0) is 15.6. The molecule has 3 aromatic heterocycles. The predicted molar refractivity (Wildman–Crippen MR) is 89.5 cm³/mol. The molecule has 4 rings (SSSR count). The molecule has 0 amide bonds. The molecule has 1 atom stereocenters. The first-order valence-corrected chi connectivity index (χ1v) is 8.09. The topological polar surface area (TPSA) is 68.0 Å². The lowest BCUT2D eigenvalue weighted by Crippen LogP contribution is -2.14. The molecular formula is C16H14N6S. The van der Waals surface area contributed by atoms with Crippen molar-refractivity contribution in [3.63, 3.8) is 0 Å². The number of rotatable bonds is 4. The summed E-state index contributed by atoms with van der Waals surface area (Å²) >= 11 is 1.62. The Labute approximate surface area is 136 Å². The SMILES string of the molecule is Cc1nnc2ccc(NC(c3ccccc3)c3nccs3)nn12. The summed E-state index contributed by atoms with van der Waals surface area (Å²) in [5, 5.41) is 19.1. The molecule has 0 aliphatic rings. The van der Waals surface area contributed by atoms with Gasteiger partial charge >= 0.3 is 0 Å². The smallest absolute Gasteiger partial charge is 0.178 e. The van der Waals surface area contributed by atoms with Gasteiger partial charge in [-0.15, -0.1) is 26.6 Å². The van der Waals surface area contributed by atoms with Gasteiger partial charge in [0.15, 0.2) is 11.5 Å². The average molecular weight is 322 g/mol. The third-order valence-electron chi connectivity index (χ3n) is 3.54. The van der Waals surface area contributed by atoms with Gasteiger partial charge < -0.3 is 5.32 Å². The number of anilines is 1. The molecule has 0 saturated heterocycles. The van der Waals surface area contributed by atoms with E-state index in [1.54, 1.807) is 15.9 Å². The van der Waals surface area contributed by atoms with Crippen molar-refractivity contribution in [3.8, 4) is 0 Å². The Hall–Kier alpha value is -2.80. The Morgan fingerprint density at radius 3 is 2.74 bits per heavy atom. The van der Waals surface area contributed by atoms with Gasteiger partial charge in [0.1, 0.15) is 16.9 Å². The van der Waals surface area contributed by atoms with Crippen LogP contribution in [0, 0.1) is 6.92 Å². The van der Waals surface area contributed by atoms with Crippen LogP contribution in [-0.2, 0) is 0 Å². The van der Waals surface area contributed by atoms with Crippen molar-refractivity contribution in [2.45, 2.75) is 13.0 Å². The fourth-order valence-electron chi connectivity index (χ4n) is 2.43. The third-order valence-corrected chi connectivity index (χ3v) is 4.38. The van der Waals surface area contributed by atoms with E-state index in [1.165, 1.54) is 0 Å². The van der Waals surface area contributed by atoms with E-state index >= 15 is 0 Å². The van der Waals surface area contributed by atoms with Crippen molar-refractivity contribution in [3.05, 3.63) is 70.4 Å². The van der Waals surface area contributed by atoms with Gasteiger partial charge in [0, 0.05) is 11.6 Å². The molecule has 6 nitrogen and oxygen atoms in total. The van der Waals surface area contributed by atoms with Crippen molar-refractivity contribution in [1.29, 1.82) is 0 Å². The second kappa shape index (κ2) is 5.77. The van der Waals surface area contributed by atoms with E-state index in [1.807, 2.05) is 48.8 Å². The maximum atomic E-state index is 4.57. The Morgan fingerprint density at radius 1 is 1.09 bits per heavy atom. The van der Waals surface area contributed by atoms with E-state index in [9.17, 15) is 0 Å². The lowest BCUT2D eigenvalue weighted by atomic mass is 10.1. The number of hydrogen-bond donors (Lipinski definition) is 1. The lowest BCUT2D eigenvalue weighted by molar-refractivity contribution is 0.845. The van der Waals surface area contributed by atoms with E-state index in [4.69, 9.17) is 0 Å². The minimum Gasteiger partial charge on any atom is -0.355 e. The van der Waals surface area contributed by atoms with Crippen molar-refractivity contribution in [1.82, 2.24) is 24.8 Å². The standard InChI is InChI=1S/C16H14N6S/c1-11-19-20-14-8-7-13(21-22(11)14)18-15(16-17-9-10-23-16)12-5-3-2-4-6-12/h2-10,15H,1H3,(H,18,21). The van der Waals surface area contributed by atoms with Crippen LogP contribution in [0.5, 0.6) is 0 Å². The molecule has 0 saturated carbocycles. The molecule has 0 aliphatic heterocycles. The number of aryl methyl sites for hydroxylation is 1. The first-order chi connectivity index (χ1) is 11.3. The largest absolute Gasteiger partial charge is 0.355 e. The third kappa shape index (κ3) is 2.66. The van der Waals surface area contributed by atoms with Gasteiger partial charge in [0.25, 0.3) is 0 Å². The summed E-state index contributed by atoms with van der Waals surface area (Å²) in [6.07, 6.45) is 1.82. The van der Waals surface area contributed by atoms with E-state index in [0.29, 0.717) is 0 Å². The number of hydrogen-bond acceptors (Lipinski definition) is 6. The van der Waals surface area contributed by atoms with Crippen LogP contribution in [-0.4, -0.2) is 24.8 Å². The Balaban J connectivity index is 1.73. The van der Waals surface area contributed by atoms with Crippen LogP contribution >= 0.6 is 11.3 Å². The van der Waals surface area contributed by atoms with Crippen LogP contribution in [0.4, 0.5) is 5.82 Å². The van der Waals surface area contributed by atoms with E-state index in [-0.39, 0.29) is 6.04 Å². The highest BCUT2D eigenvalue weighted by molar-refractivity contribution is 7.09. The minimum absolute atomic E-state index is 0.0436. The Bertz CT molecular complexity index is 916. The van der Waals surface area contributed by atoms with Gasteiger partial charge in [0.2, 0.25) is 0 Å². The fourth-order valence-corrected chi connectivity index (χ4v) is 3.15. The zero-order valence-corrected chi connectivity index (χ0v) is 13.2. The molecule has 0 bridgehead atoms. The molecule has 7 heteroatoms. The number of nitrogens with one attached hydrogen (secondary N) is 1. The number of benzene rings is 1. The molecular weight excluding hydrogens is 308 g/mol. The summed E-state index contributed by atoms with van der Waals surface area (Å²) in [5.41, 5.74) is 1.88. The molecule has 1 aromatic carbocycles. The van der Waals surface area contributed by atoms with Crippen LogP contribution in [0.2, 0.25) is 0 Å². The number of aromatic nitrogens is 5. The Morgan fingerprint density at radius 2 is 1.96 bits per heavy atom. The highest BCUT2D eigenvalue weighted by Gasteiger charge is 2.17. The van der Waals surface area contributed by atoms with Crippen molar-refractivity contribution in [2.75, 3.05) is 5.32 Å². The summed E-state index contributed by atoms with van der Waals surface area (Å²) in [6.45, 7) is 1.88. The van der Waals surface area contributed by atoms with Gasteiger partial charge in [-0.05, 0) is 24.6 Å². The van der Waals surface area contributed by atoms with Gasteiger partial charge in [-0.3, -0.25) is 0 Å². The maximum Gasteiger partial charge on any atom is 0.178 e. The van der Waals surface area contributed by atoms with Crippen LogP contribution < -0.4 is 5.32 Å². The molecule has 0 spiro atoms. The molecule has 0 aliphatic carbocycles. The van der Waals surface area contributed by atoms with Gasteiger partial charge in [-0.2, -0.15) is 4.52 Å². The molecule has 4 aromatic rings. The highest BCUT2D eigenvalue weighted by Crippen LogP contribution is 2.27. The number of thiazole rings is 1. The van der Waals surface area contributed by atoms with Gasteiger partial charge in [-0.25, -0.2) is 4.98 Å². The summed E-state index contributed by atoms with van der Waals surface area (Å²) in [4.78, 5) is 4.46. The molecule has 0 radical (unpaired) electrons. The second-order valence-electron chi connectivity index (χ2n) is 5.09. The van der Waals surface area contributed by atoms with E-state index in [0.717, 1.165) is 27.9 Å². The minimum atomic E-state index is -0.0436. The van der Waals surface area contributed by atoms with Crippen LogP contribution in [0.3, 0.4) is 0 Å². The number of fused-ring (bicyclic) bond motifs is 1. The highest BCUT2D eigenvalue weighted by atomic mass is 32.1. The molecule has 114 valence electrons. The molecule has 3 heterocycles. The monoisotopic (exact) mass is 322 g/mol. The fraction of sp³-hybridized carbons (Fsp3) is 0.125. The molecule has 0 fully saturated rings.